The van der Waals surface area contributed by atoms with Crippen molar-refractivity contribution in [2.24, 2.45) is 5.16 Å². The van der Waals surface area contributed by atoms with Crippen LogP contribution in [0.4, 0.5) is 4.39 Å². The molecule has 1 N–H and O–H groups in total. The molecular weight excluding hydrogens is 339 g/mol. The van der Waals surface area contributed by atoms with Gasteiger partial charge in [-0.1, -0.05) is 29.4 Å². The van der Waals surface area contributed by atoms with Crippen LogP contribution in [-0.4, -0.2) is 37.0 Å². The van der Waals surface area contributed by atoms with Crippen LogP contribution in [0.25, 0.3) is 0 Å². The Kier molecular flexibility index (Phi) is 4.43. The van der Waals surface area contributed by atoms with Gasteiger partial charge in [-0.25, -0.2) is 4.39 Å². The molecule has 0 spiro atoms. The average Bonchev–Trinajstić information content (AvgIpc) is 3.16. The number of hydrogen-bond donors (Lipinski definition) is 1. The highest BCUT2D eigenvalue weighted by atomic mass is 19.1. The second kappa shape index (κ2) is 7.03. The molecule has 0 saturated heterocycles. The van der Waals surface area contributed by atoms with Crippen LogP contribution >= 0.6 is 0 Å². The molecule has 1 amide bonds. The first-order chi connectivity index (χ1) is 12.7. The van der Waals surface area contributed by atoms with Gasteiger partial charge in [0.1, 0.15) is 18.5 Å². The van der Waals surface area contributed by atoms with Crippen LogP contribution in [0, 0.1) is 5.82 Å². The molecule has 2 heterocycles. The van der Waals surface area contributed by atoms with E-state index < -0.39 is 6.10 Å². The minimum atomic E-state index is -0.731. The average molecular weight is 356 g/mol. The third-order valence-corrected chi connectivity index (χ3v) is 4.19. The number of ether oxygens (including phenoxy) is 2. The van der Waals surface area contributed by atoms with Crippen molar-refractivity contribution in [1.82, 2.24) is 5.32 Å². The molecule has 7 heteroatoms. The quantitative estimate of drug-likeness (QED) is 0.913. The third kappa shape index (κ3) is 3.46. The van der Waals surface area contributed by atoms with Crippen molar-refractivity contribution in [3.63, 3.8) is 0 Å². The maximum absolute atomic E-state index is 13.3. The minimum Gasteiger partial charge on any atom is -0.486 e. The van der Waals surface area contributed by atoms with E-state index in [9.17, 15) is 9.18 Å². The van der Waals surface area contributed by atoms with E-state index in [1.807, 2.05) is 24.3 Å². The smallest absolute Gasteiger partial charge is 0.264 e. The Bertz CT molecular complexity index is 855. The van der Waals surface area contributed by atoms with Gasteiger partial charge < -0.3 is 19.6 Å². The number of rotatable bonds is 4. The molecule has 0 saturated carbocycles. The van der Waals surface area contributed by atoms with Gasteiger partial charge in [-0.2, -0.15) is 0 Å². The standard InChI is InChI=1S/C19H17FN2O4/c20-13-5-3-4-12(8-13)15-9-18(26-22-15)19(23)21-10-14-11-24-16-6-1-2-7-17(16)25-14/h1-8,14,18H,9-11H2,(H,21,23)/t14-,18-/m1/s1. The highest BCUT2D eigenvalue weighted by Crippen LogP contribution is 2.30. The Morgan fingerprint density at radius 1 is 1.19 bits per heavy atom. The summed E-state index contributed by atoms with van der Waals surface area (Å²) in [5.41, 5.74) is 1.16. The van der Waals surface area contributed by atoms with Gasteiger partial charge in [0.15, 0.2) is 11.5 Å². The van der Waals surface area contributed by atoms with Gasteiger partial charge in [0.25, 0.3) is 5.91 Å². The van der Waals surface area contributed by atoms with E-state index in [2.05, 4.69) is 10.5 Å². The van der Waals surface area contributed by atoms with Gasteiger partial charge in [0.05, 0.1) is 12.3 Å². The largest absolute Gasteiger partial charge is 0.486 e. The lowest BCUT2D eigenvalue weighted by Gasteiger charge is -2.26. The predicted molar refractivity (Wildman–Crippen MR) is 91.8 cm³/mol. The van der Waals surface area contributed by atoms with Crippen LogP contribution in [0.5, 0.6) is 11.5 Å². The van der Waals surface area contributed by atoms with Crippen LogP contribution in [0.2, 0.25) is 0 Å². The van der Waals surface area contributed by atoms with E-state index in [0.717, 1.165) is 0 Å². The zero-order chi connectivity index (χ0) is 17.9. The Morgan fingerprint density at radius 3 is 2.88 bits per heavy atom. The summed E-state index contributed by atoms with van der Waals surface area (Å²) < 4.78 is 24.7. The number of oxime groups is 1. The minimum absolute atomic E-state index is 0.279. The van der Waals surface area contributed by atoms with Crippen LogP contribution < -0.4 is 14.8 Å². The molecule has 2 aromatic rings. The number of hydrogen-bond acceptors (Lipinski definition) is 5. The monoisotopic (exact) mass is 356 g/mol. The van der Waals surface area contributed by atoms with Crippen LogP contribution in [0.1, 0.15) is 12.0 Å². The Balaban J connectivity index is 1.29. The lowest BCUT2D eigenvalue weighted by Crippen LogP contribution is -2.44. The topological polar surface area (TPSA) is 69.2 Å². The number of carbonyl (C=O) groups is 1. The molecule has 0 radical (unpaired) electrons. The van der Waals surface area contributed by atoms with E-state index in [-0.39, 0.29) is 17.8 Å². The molecule has 0 unspecified atom stereocenters. The van der Waals surface area contributed by atoms with Crippen molar-refractivity contribution >= 4 is 11.6 Å². The SMILES string of the molecule is O=C(NC[C@@H]1COc2ccccc2O1)[C@H]1CC(c2cccc(F)c2)=NO1. The van der Waals surface area contributed by atoms with E-state index in [0.29, 0.717) is 42.3 Å². The Labute approximate surface area is 149 Å². The van der Waals surface area contributed by atoms with E-state index in [1.165, 1.54) is 12.1 Å². The zero-order valence-corrected chi connectivity index (χ0v) is 13.9. The van der Waals surface area contributed by atoms with E-state index in [1.54, 1.807) is 12.1 Å². The second-order valence-corrected chi connectivity index (χ2v) is 6.09. The summed E-state index contributed by atoms with van der Waals surface area (Å²) in [5, 5.41) is 6.70. The fourth-order valence-corrected chi connectivity index (χ4v) is 2.85. The Hall–Kier alpha value is -3.09. The Morgan fingerprint density at radius 2 is 2.04 bits per heavy atom. The maximum Gasteiger partial charge on any atom is 0.264 e. The summed E-state index contributed by atoms with van der Waals surface area (Å²) in [7, 11) is 0. The molecule has 2 aliphatic heterocycles. The molecule has 26 heavy (non-hydrogen) atoms. The molecule has 2 aromatic carbocycles. The first-order valence-electron chi connectivity index (χ1n) is 8.34. The number of amides is 1. The molecule has 0 fully saturated rings. The summed E-state index contributed by atoms with van der Waals surface area (Å²) >= 11 is 0. The number of para-hydroxylation sites is 2. The summed E-state index contributed by atoms with van der Waals surface area (Å²) in [6.45, 7) is 0.649. The van der Waals surface area contributed by atoms with Gasteiger partial charge >= 0.3 is 0 Å². The summed E-state index contributed by atoms with van der Waals surface area (Å²) in [4.78, 5) is 17.5. The molecule has 4 rings (SSSR count). The second-order valence-electron chi connectivity index (χ2n) is 6.09. The van der Waals surface area contributed by atoms with Crippen molar-refractivity contribution in [1.29, 1.82) is 0 Å². The summed E-state index contributed by atoms with van der Waals surface area (Å²) in [6.07, 6.45) is -0.718. The number of benzene rings is 2. The van der Waals surface area contributed by atoms with Crippen LogP contribution in [-0.2, 0) is 9.63 Å². The molecule has 2 aliphatic rings. The summed E-state index contributed by atoms with van der Waals surface area (Å²) in [6, 6.07) is 13.4. The number of carbonyl (C=O) groups excluding carboxylic acids is 1. The molecule has 6 nitrogen and oxygen atoms in total. The highest BCUT2D eigenvalue weighted by Gasteiger charge is 2.30. The van der Waals surface area contributed by atoms with Gasteiger partial charge in [0, 0.05) is 12.0 Å². The molecule has 0 bridgehead atoms. The van der Waals surface area contributed by atoms with Crippen molar-refractivity contribution in [3.05, 3.63) is 59.9 Å². The van der Waals surface area contributed by atoms with Gasteiger partial charge in [0.2, 0.25) is 6.10 Å². The highest BCUT2D eigenvalue weighted by molar-refractivity contribution is 6.04. The van der Waals surface area contributed by atoms with Gasteiger partial charge in [-0.15, -0.1) is 0 Å². The van der Waals surface area contributed by atoms with E-state index >= 15 is 0 Å². The molecule has 134 valence electrons. The molecular formula is C19H17FN2O4. The molecule has 0 aliphatic carbocycles. The molecule has 0 aromatic heterocycles. The van der Waals surface area contributed by atoms with Crippen molar-refractivity contribution in [3.8, 4) is 11.5 Å². The fourth-order valence-electron chi connectivity index (χ4n) is 2.85. The van der Waals surface area contributed by atoms with Crippen molar-refractivity contribution < 1.29 is 23.5 Å². The first kappa shape index (κ1) is 16.4. The number of halogens is 1. The van der Waals surface area contributed by atoms with Crippen molar-refractivity contribution in [2.75, 3.05) is 13.2 Å². The fraction of sp³-hybridized carbons (Fsp3) is 0.263. The lowest BCUT2D eigenvalue weighted by molar-refractivity contribution is -0.131. The van der Waals surface area contributed by atoms with Gasteiger partial charge in [-0.3, -0.25) is 4.79 Å². The lowest BCUT2D eigenvalue weighted by atomic mass is 10.0. The zero-order valence-electron chi connectivity index (χ0n) is 13.9. The number of fused-ring (bicyclic) bond motifs is 1. The van der Waals surface area contributed by atoms with Crippen molar-refractivity contribution in [2.45, 2.75) is 18.6 Å². The summed E-state index contributed by atoms with van der Waals surface area (Å²) in [5.74, 6) is 0.713. The predicted octanol–water partition coefficient (Wildman–Crippen LogP) is 2.27. The van der Waals surface area contributed by atoms with Crippen LogP contribution in [0.3, 0.4) is 0 Å². The normalized spacial score (nSPS) is 20.9. The van der Waals surface area contributed by atoms with Crippen LogP contribution in [0.15, 0.2) is 53.7 Å². The number of nitrogens with zero attached hydrogens (tertiary/aromatic N) is 1. The molecule has 2 atom stereocenters. The first-order valence-corrected chi connectivity index (χ1v) is 8.34. The maximum atomic E-state index is 13.3. The van der Waals surface area contributed by atoms with Gasteiger partial charge in [-0.05, 0) is 24.3 Å². The number of nitrogens with one attached hydrogen (secondary N) is 1. The third-order valence-electron chi connectivity index (χ3n) is 4.19. The van der Waals surface area contributed by atoms with E-state index in [4.69, 9.17) is 14.3 Å².